The molecule has 1 aromatic rings. The van der Waals surface area contributed by atoms with Crippen molar-refractivity contribution < 1.29 is 14.7 Å². The number of carbonyl (C=O) groups is 2. The number of carbonyl (C=O) groups excluding carboxylic acids is 1. The zero-order valence-corrected chi connectivity index (χ0v) is 11.8. The molecule has 0 saturated heterocycles. The number of hydrogen-bond donors (Lipinski definition) is 2. The average molecular weight is 275 g/mol. The molecule has 20 heavy (non-hydrogen) atoms. The van der Waals surface area contributed by atoms with Crippen molar-refractivity contribution in [2.24, 2.45) is 0 Å². The molecular weight excluding hydrogens is 254 g/mol. The highest BCUT2D eigenvalue weighted by molar-refractivity contribution is 5.97. The van der Waals surface area contributed by atoms with Crippen LogP contribution in [0, 0.1) is 0 Å². The van der Waals surface area contributed by atoms with E-state index in [1.54, 1.807) is 12.1 Å². The van der Waals surface area contributed by atoms with Crippen LogP contribution in [0.4, 0.5) is 0 Å². The number of hydrogen-bond acceptors (Lipinski definition) is 2. The lowest BCUT2D eigenvalue weighted by Crippen LogP contribution is -2.55. The van der Waals surface area contributed by atoms with Gasteiger partial charge in [-0.1, -0.05) is 38.3 Å². The van der Waals surface area contributed by atoms with Crippen molar-refractivity contribution in [1.82, 2.24) is 5.32 Å². The van der Waals surface area contributed by atoms with Crippen LogP contribution in [-0.2, 0) is 11.2 Å². The second-order valence-corrected chi connectivity index (χ2v) is 5.45. The Labute approximate surface area is 119 Å². The summed E-state index contributed by atoms with van der Waals surface area (Å²) in [5.74, 6) is -1.22. The molecule has 1 saturated carbocycles. The molecule has 0 heterocycles. The summed E-state index contributed by atoms with van der Waals surface area (Å²) in [6, 6.07) is 7.32. The highest BCUT2D eigenvalue weighted by atomic mass is 16.4. The van der Waals surface area contributed by atoms with Crippen molar-refractivity contribution in [2.75, 3.05) is 0 Å². The van der Waals surface area contributed by atoms with E-state index in [0.29, 0.717) is 18.4 Å². The molecule has 4 nitrogen and oxygen atoms in total. The topological polar surface area (TPSA) is 66.4 Å². The van der Waals surface area contributed by atoms with Crippen molar-refractivity contribution in [3.05, 3.63) is 35.4 Å². The third kappa shape index (κ3) is 3.00. The van der Waals surface area contributed by atoms with Crippen LogP contribution in [0.3, 0.4) is 0 Å². The lowest BCUT2D eigenvalue weighted by molar-refractivity contribution is -0.145. The number of rotatable bonds is 4. The maximum absolute atomic E-state index is 12.2. The van der Waals surface area contributed by atoms with Gasteiger partial charge in [0.2, 0.25) is 0 Å². The molecule has 1 aliphatic rings. The van der Waals surface area contributed by atoms with Crippen molar-refractivity contribution in [1.29, 1.82) is 0 Å². The number of amides is 1. The molecular formula is C16H21NO3. The van der Waals surface area contributed by atoms with E-state index in [9.17, 15) is 14.7 Å². The SMILES string of the molecule is CCc1ccc(C(=O)NC2(C(=O)O)CCCCC2)cc1. The Morgan fingerprint density at radius 2 is 1.75 bits per heavy atom. The van der Waals surface area contributed by atoms with Crippen LogP contribution in [0.5, 0.6) is 0 Å². The standard InChI is InChI=1S/C16H21NO3/c1-2-12-6-8-13(9-7-12)14(18)17-16(15(19)20)10-4-3-5-11-16/h6-9H,2-5,10-11H2,1H3,(H,17,18)(H,19,20). The van der Waals surface area contributed by atoms with Crippen LogP contribution in [-0.4, -0.2) is 22.5 Å². The van der Waals surface area contributed by atoms with Gasteiger partial charge < -0.3 is 10.4 Å². The minimum Gasteiger partial charge on any atom is -0.480 e. The minimum atomic E-state index is -1.08. The van der Waals surface area contributed by atoms with Crippen LogP contribution in [0.2, 0.25) is 0 Å². The molecule has 1 aromatic carbocycles. The maximum atomic E-state index is 12.2. The Bertz CT molecular complexity index is 487. The van der Waals surface area contributed by atoms with Gasteiger partial charge in [0.05, 0.1) is 0 Å². The van der Waals surface area contributed by atoms with Gasteiger partial charge in [-0.3, -0.25) is 4.79 Å². The summed E-state index contributed by atoms with van der Waals surface area (Å²) in [5, 5.41) is 12.2. The van der Waals surface area contributed by atoms with Crippen LogP contribution in [0.15, 0.2) is 24.3 Å². The fourth-order valence-corrected chi connectivity index (χ4v) is 2.73. The quantitative estimate of drug-likeness (QED) is 0.888. The highest BCUT2D eigenvalue weighted by Gasteiger charge is 2.41. The van der Waals surface area contributed by atoms with Crippen molar-refractivity contribution >= 4 is 11.9 Å². The molecule has 4 heteroatoms. The number of carboxylic acids is 1. The predicted molar refractivity (Wildman–Crippen MR) is 76.7 cm³/mol. The Hall–Kier alpha value is -1.84. The predicted octanol–water partition coefficient (Wildman–Crippen LogP) is 2.77. The van der Waals surface area contributed by atoms with E-state index < -0.39 is 11.5 Å². The van der Waals surface area contributed by atoms with Crippen LogP contribution >= 0.6 is 0 Å². The first kappa shape index (κ1) is 14.6. The third-order valence-electron chi connectivity index (χ3n) is 4.09. The highest BCUT2D eigenvalue weighted by Crippen LogP contribution is 2.28. The van der Waals surface area contributed by atoms with Gasteiger partial charge in [0.15, 0.2) is 0 Å². The molecule has 1 aliphatic carbocycles. The Kier molecular flexibility index (Phi) is 4.42. The number of benzene rings is 1. The summed E-state index contributed by atoms with van der Waals surface area (Å²) < 4.78 is 0. The van der Waals surface area contributed by atoms with Crippen LogP contribution in [0.25, 0.3) is 0 Å². The normalized spacial score (nSPS) is 17.4. The minimum absolute atomic E-state index is 0.294. The van der Waals surface area contributed by atoms with Crippen molar-refractivity contribution in [2.45, 2.75) is 51.0 Å². The van der Waals surface area contributed by atoms with Gasteiger partial charge in [0, 0.05) is 5.56 Å². The Morgan fingerprint density at radius 3 is 2.25 bits per heavy atom. The van der Waals surface area contributed by atoms with Crippen molar-refractivity contribution in [3.63, 3.8) is 0 Å². The monoisotopic (exact) mass is 275 g/mol. The number of nitrogens with one attached hydrogen (secondary N) is 1. The van der Waals surface area contributed by atoms with Crippen molar-refractivity contribution in [3.8, 4) is 0 Å². The second kappa shape index (κ2) is 6.07. The number of carboxylic acid groups (broad SMARTS) is 1. The third-order valence-corrected chi connectivity index (χ3v) is 4.09. The lowest BCUT2D eigenvalue weighted by atomic mass is 9.81. The molecule has 0 radical (unpaired) electrons. The first-order valence-corrected chi connectivity index (χ1v) is 7.22. The van der Waals surface area contributed by atoms with Gasteiger partial charge >= 0.3 is 5.97 Å². The maximum Gasteiger partial charge on any atom is 0.329 e. The average Bonchev–Trinajstić information content (AvgIpc) is 2.48. The molecule has 0 spiro atoms. The number of aliphatic carboxylic acids is 1. The molecule has 2 rings (SSSR count). The summed E-state index contributed by atoms with van der Waals surface area (Å²) in [4.78, 5) is 23.8. The first-order chi connectivity index (χ1) is 9.57. The van der Waals surface area contributed by atoms with E-state index in [0.717, 1.165) is 31.2 Å². The fraction of sp³-hybridized carbons (Fsp3) is 0.500. The molecule has 1 fully saturated rings. The Balaban J connectivity index is 2.13. The largest absolute Gasteiger partial charge is 0.480 e. The number of aryl methyl sites for hydroxylation is 1. The van der Waals surface area contributed by atoms with E-state index in [-0.39, 0.29) is 5.91 Å². The summed E-state index contributed by atoms with van der Waals surface area (Å²) in [5.41, 5.74) is 0.597. The molecule has 0 atom stereocenters. The van der Waals surface area contributed by atoms with E-state index in [2.05, 4.69) is 12.2 Å². The summed E-state index contributed by atoms with van der Waals surface area (Å²) >= 11 is 0. The zero-order chi connectivity index (χ0) is 14.6. The Morgan fingerprint density at radius 1 is 1.15 bits per heavy atom. The lowest BCUT2D eigenvalue weighted by Gasteiger charge is -2.34. The zero-order valence-electron chi connectivity index (χ0n) is 11.8. The second-order valence-electron chi connectivity index (χ2n) is 5.45. The van der Waals surface area contributed by atoms with Gasteiger partial charge in [-0.15, -0.1) is 0 Å². The molecule has 0 aliphatic heterocycles. The van der Waals surface area contributed by atoms with Gasteiger partial charge in [-0.05, 0) is 37.0 Å². The molecule has 0 unspecified atom stereocenters. The first-order valence-electron chi connectivity index (χ1n) is 7.22. The summed E-state index contributed by atoms with van der Waals surface area (Å²) in [7, 11) is 0. The fourth-order valence-electron chi connectivity index (χ4n) is 2.73. The van der Waals surface area contributed by atoms with E-state index >= 15 is 0 Å². The van der Waals surface area contributed by atoms with E-state index in [1.165, 1.54) is 0 Å². The van der Waals surface area contributed by atoms with Crippen LogP contribution < -0.4 is 5.32 Å². The van der Waals surface area contributed by atoms with Gasteiger partial charge in [-0.2, -0.15) is 0 Å². The van der Waals surface area contributed by atoms with Gasteiger partial charge in [0.25, 0.3) is 5.91 Å². The molecule has 1 amide bonds. The van der Waals surface area contributed by atoms with Gasteiger partial charge in [0.1, 0.15) is 5.54 Å². The van der Waals surface area contributed by atoms with E-state index in [1.807, 2.05) is 12.1 Å². The molecule has 2 N–H and O–H groups in total. The molecule has 0 bridgehead atoms. The van der Waals surface area contributed by atoms with Crippen LogP contribution in [0.1, 0.15) is 54.9 Å². The summed E-state index contributed by atoms with van der Waals surface area (Å²) in [6.07, 6.45) is 4.68. The molecule has 108 valence electrons. The smallest absolute Gasteiger partial charge is 0.329 e. The molecule has 0 aromatic heterocycles. The van der Waals surface area contributed by atoms with Gasteiger partial charge in [-0.25, -0.2) is 4.79 Å². The summed E-state index contributed by atoms with van der Waals surface area (Å²) in [6.45, 7) is 2.05. The van der Waals surface area contributed by atoms with E-state index in [4.69, 9.17) is 0 Å².